The first kappa shape index (κ1) is 13.5. The number of nitrogens with zero attached hydrogens (tertiary/aromatic N) is 2. The summed E-state index contributed by atoms with van der Waals surface area (Å²) < 4.78 is 6.60. The van der Waals surface area contributed by atoms with Crippen LogP contribution in [-0.4, -0.2) is 16.0 Å². The number of benzene rings is 1. The maximum Gasteiger partial charge on any atom is 0.250 e. The van der Waals surface area contributed by atoms with Gasteiger partial charge >= 0.3 is 0 Å². The first-order valence-electron chi connectivity index (χ1n) is 5.60. The second-order valence-electron chi connectivity index (χ2n) is 4.06. The number of ether oxygens (including phenoxy) is 1. The lowest BCUT2D eigenvalue weighted by molar-refractivity contribution is 0.452. The fraction of sp³-hybridized carbons (Fsp3) is 0.154. The van der Waals surface area contributed by atoms with Gasteiger partial charge in [-0.2, -0.15) is 5.10 Å². The van der Waals surface area contributed by atoms with Crippen molar-refractivity contribution in [3.8, 4) is 11.6 Å². The molecule has 0 saturated heterocycles. The summed E-state index contributed by atoms with van der Waals surface area (Å²) in [7, 11) is 0. The summed E-state index contributed by atoms with van der Waals surface area (Å²) in [5, 5.41) is 15.6. The van der Waals surface area contributed by atoms with Crippen molar-refractivity contribution in [2.24, 2.45) is 5.73 Å². The van der Waals surface area contributed by atoms with Crippen LogP contribution in [0.1, 0.15) is 16.8 Å². The number of halogens is 1. The molecule has 2 rings (SSSR count). The first-order valence-corrected chi connectivity index (χ1v) is 6.40. The number of rotatable bonds is 3. The number of nitrogens with two attached hydrogens (primary N) is 1. The van der Waals surface area contributed by atoms with Crippen molar-refractivity contribution in [1.29, 1.82) is 5.41 Å². The van der Waals surface area contributed by atoms with Crippen LogP contribution >= 0.6 is 15.9 Å². The quantitative estimate of drug-likeness (QED) is 0.672. The van der Waals surface area contributed by atoms with Crippen LogP contribution in [0.25, 0.3) is 0 Å². The van der Waals surface area contributed by atoms with Gasteiger partial charge in [-0.05, 0) is 43.7 Å². The van der Waals surface area contributed by atoms with Crippen LogP contribution < -0.4 is 10.5 Å². The maximum absolute atomic E-state index is 7.64. The molecule has 19 heavy (non-hydrogen) atoms. The van der Waals surface area contributed by atoms with Crippen LogP contribution in [0.5, 0.6) is 11.6 Å². The zero-order valence-electron chi connectivity index (χ0n) is 10.6. The molecular formula is C13H13BrN4O. The number of hydrogen-bond donors (Lipinski definition) is 2. The second-order valence-corrected chi connectivity index (χ2v) is 4.98. The van der Waals surface area contributed by atoms with Gasteiger partial charge in [0.1, 0.15) is 11.6 Å². The van der Waals surface area contributed by atoms with Gasteiger partial charge in [-0.3, -0.25) is 5.41 Å². The van der Waals surface area contributed by atoms with Crippen molar-refractivity contribution < 1.29 is 4.74 Å². The SMILES string of the molecule is Cc1nnc(Oc2ccc(Br)cc2)c(C(=N)N)c1C. The smallest absolute Gasteiger partial charge is 0.250 e. The Hall–Kier alpha value is -1.95. The fourth-order valence-corrected chi connectivity index (χ4v) is 1.85. The molecule has 6 heteroatoms. The van der Waals surface area contributed by atoms with Gasteiger partial charge in [0.25, 0.3) is 0 Å². The molecule has 5 nitrogen and oxygen atoms in total. The highest BCUT2D eigenvalue weighted by Gasteiger charge is 2.15. The minimum atomic E-state index is -0.0809. The van der Waals surface area contributed by atoms with E-state index in [0.29, 0.717) is 11.3 Å². The maximum atomic E-state index is 7.64. The lowest BCUT2D eigenvalue weighted by Gasteiger charge is -2.12. The Morgan fingerprint density at radius 3 is 2.42 bits per heavy atom. The number of hydrogen-bond acceptors (Lipinski definition) is 4. The summed E-state index contributed by atoms with van der Waals surface area (Å²) in [6.45, 7) is 3.66. The number of nitrogen functional groups attached to an aromatic ring is 1. The summed E-state index contributed by atoms with van der Waals surface area (Å²) in [6.07, 6.45) is 0. The number of aryl methyl sites for hydroxylation is 1. The average Bonchev–Trinajstić information content (AvgIpc) is 2.36. The van der Waals surface area contributed by atoms with Gasteiger partial charge in [-0.1, -0.05) is 15.9 Å². The molecule has 1 aromatic carbocycles. The second kappa shape index (κ2) is 5.36. The van der Waals surface area contributed by atoms with Crippen LogP contribution in [0, 0.1) is 19.3 Å². The molecule has 0 spiro atoms. The molecule has 0 aliphatic heterocycles. The van der Waals surface area contributed by atoms with Gasteiger partial charge in [0, 0.05) is 4.47 Å². The Morgan fingerprint density at radius 1 is 1.21 bits per heavy atom. The van der Waals surface area contributed by atoms with Crippen molar-refractivity contribution in [3.63, 3.8) is 0 Å². The highest BCUT2D eigenvalue weighted by atomic mass is 79.9. The molecular weight excluding hydrogens is 308 g/mol. The van der Waals surface area contributed by atoms with E-state index in [0.717, 1.165) is 15.7 Å². The zero-order valence-corrected chi connectivity index (χ0v) is 12.2. The molecule has 0 saturated carbocycles. The van der Waals surface area contributed by atoms with Crippen LogP contribution in [0.4, 0.5) is 0 Å². The third-order valence-electron chi connectivity index (χ3n) is 2.72. The zero-order chi connectivity index (χ0) is 14.0. The van der Waals surface area contributed by atoms with Crippen LogP contribution in [-0.2, 0) is 0 Å². The van der Waals surface area contributed by atoms with E-state index in [9.17, 15) is 0 Å². The third kappa shape index (κ3) is 2.90. The Morgan fingerprint density at radius 2 is 1.84 bits per heavy atom. The predicted molar refractivity (Wildman–Crippen MR) is 76.7 cm³/mol. The Balaban J connectivity index is 2.42. The van der Waals surface area contributed by atoms with Crippen molar-refractivity contribution in [2.75, 3.05) is 0 Å². The summed E-state index contributed by atoms with van der Waals surface area (Å²) in [5.74, 6) is 0.781. The molecule has 0 amide bonds. The average molecular weight is 321 g/mol. The van der Waals surface area contributed by atoms with Crippen LogP contribution in [0.2, 0.25) is 0 Å². The fourth-order valence-electron chi connectivity index (χ4n) is 1.59. The van der Waals surface area contributed by atoms with Gasteiger partial charge in [0.15, 0.2) is 0 Å². The van der Waals surface area contributed by atoms with E-state index in [-0.39, 0.29) is 11.7 Å². The van der Waals surface area contributed by atoms with Crippen molar-refractivity contribution in [2.45, 2.75) is 13.8 Å². The third-order valence-corrected chi connectivity index (χ3v) is 3.25. The first-order chi connectivity index (χ1) is 8.99. The number of amidine groups is 1. The van der Waals surface area contributed by atoms with E-state index >= 15 is 0 Å². The Kier molecular flexibility index (Phi) is 3.80. The molecule has 1 aromatic heterocycles. The number of aromatic nitrogens is 2. The van der Waals surface area contributed by atoms with Gasteiger partial charge in [0.05, 0.1) is 11.3 Å². The lowest BCUT2D eigenvalue weighted by atomic mass is 10.1. The van der Waals surface area contributed by atoms with E-state index in [4.69, 9.17) is 15.9 Å². The monoisotopic (exact) mass is 320 g/mol. The van der Waals surface area contributed by atoms with E-state index in [2.05, 4.69) is 26.1 Å². The molecule has 3 N–H and O–H groups in total. The van der Waals surface area contributed by atoms with E-state index in [1.54, 1.807) is 12.1 Å². The standard InChI is InChI=1S/C13H13BrN4O/c1-7-8(2)17-18-13(11(7)12(15)16)19-10-5-3-9(14)4-6-10/h3-6H,1-2H3,(H3,15,16). The summed E-state index contributed by atoms with van der Waals surface area (Å²) >= 11 is 3.35. The van der Waals surface area contributed by atoms with E-state index in [1.165, 1.54) is 0 Å². The van der Waals surface area contributed by atoms with Crippen LogP contribution in [0.3, 0.4) is 0 Å². The molecule has 0 aliphatic carbocycles. The van der Waals surface area contributed by atoms with Gasteiger partial charge < -0.3 is 10.5 Å². The van der Waals surface area contributed by atoms with Crippen LogP contribution in [0.15, 0.2) is 28.7 Å². The van der Waals surface area contributed by atoms with Crippen molar-refractivity contribution in [3.05, 3.63) is 45.6 Å². The Labute approximate surface area is 119 Å². The molecule has 0 bridgehead atoms. The molecule has 98 valence electrons. The minimum absolute atomic E-state index is 0.0809. The molecule has 2 aromatic rings. The predicted octanol–water partition coefficient (Wildman–Crippen LogP) is 2.93. The highest BCUT2D eigenvalue weighted by molar-refractivity contribution is 9.10. The number of nitrogens with one attached hydrogen (secondary N) is 1. The molecule has 0 unspecified atom stereocenters. The molecule has 0 atom stereocenters. The van der Waals surface area contributed by atoms with Crippen molar-refractivity contribution >= 4 is 21.8 Å². The molecule has 0 aliphatic rings. The summed E-state index contributed by atoms with van der Waals surface area (Å²) in [6, 6.07) is 7.31. The van der Waals surface area contributed by atoms with Gasteiger partial charge in [-0.25, -0.2) is 0 Å². The minimum Gasteiger partial charge on any atom is -0.437 e. The molecule has 0 radical (unpaired) electrons. The topological polar surface area (TPSA) is 84.9 Å². The summed E-state index contributed by atoms with van der Waals surface area (Å²) in [4.78, 5) is 0. The van der Waals surface area contributed by atoms with Gasteiger partial charge in [-0.15, -0.1) is 5.10 Å². The van der Waals surface area contributed by atoms with Gasteiger partial charge in [0.2, 0.25) is 5.88 Å². The lowest BCUT2D eigenvalue weighted by Crippen LogP contribution is -2.16. The molecule has 1 heterocycles. The van der Waals surface area contributed by atoms with E-state index < -0.39 is 0 Å². The largest absolute Gasteiger partial charge is 0.437 e. The normalized spacial score (nSPS) is 10.3. The molecule has 0 fully saturated rings. The van der Waals surface area contributed by atoms with Crippen molar-refractivity contribution in [1.82, 2.24) is 10.2 Å². The summed E-state index contributed by atoms with van der Waals surface area (Å²) in [5.41, 5.74) is 7.60. The Bertz CT molecular complexity index is 625. The van der Waals surface area contributed by atoms with E-state index in [1.807, 2.05) is 26.0 Å². The highest BCUT2D eigenvalue weighted by Crippen LogP contribution is 2.26.